The van der Waals surface area contributed by atoms with Crippen molar-refractivity contribution in [2.75, 3.05) is 13.6 Å². The zero-order chi connectivity index (χ0) is 14.6. The van der Waals surface area contributed by atoms with Gasteiger partial charge in [0.05, 0.1) is 0 Å². The Balaban J connectivity index is 1.85. The smallest absolute Gasteiger partial charge is 0.0180 e. The fourth-order valence-electron chi connectivity index (χ4n) is 3.30. The van der Waals surface area contributed by atoms with Crippen LogP contribution in [0.5, 0.6) is 0 Å². The fourth-order valence-corrected chi connectivity index (χ4v) is 3.30. The van der Waals surface area contributed by atoms with E-state index in [4.69, 9.17) is 5.73 Å². The van der Waals surface area contributed by atoms with E-state index in [1.807, 2.05) is 0 Å². The molecular formula is C18H30N2. The molecule has 112 valence electrons. The third-order valence-corrected chi connectivity index (χ3v) is 5.00. The molecule has 1 fully saturated rings. The van der Waals surface area contributed by atoms with Crippen molar-refractivity contribution in [1.29, 1.82) is 0 Å². The van der Waals surface area contributed by atoms with Gasteiger partial charge in [-0.1, -0.05) is 38.1 Å². The van der Waals surface area contributed by atoms with Gasteiger partial charge in [0.25, 0.3) is 0 Å². The quantitative estimate of drug-likeness (QED) is 0.889. The largest absolute Gasteiger partial charge is 0.326 e. The highest BCUT2D eigenvalue weighted by Crippen LogP contribution is 2.36. The van der Waals surface area contributed by atoms with Gasteiger partial charge in [0, 0.05) is 19.1 Å². The minimum Gasteiger partial charge on any atom is -0.326 e. The molecule has 1 aliphatic rings. The summed E-state index contributed by atoms with van der Waals surface area (Å²) in [6.07, 6.45) is 6.54. The summed E-state index contributed by atoms with van der Waals surface area (Å²) in [5, 5.41) is 0. The average Bonchev–Trinajstić information content (AvgIpc) is 2.45. The van der Waals surface area contributed by atoms with Gasteiger partial charge in [-0.05, 0) is 55.7 Å². The van der Waals surface area contributed by atoms with E-state index in [9.17, 15) is 0 Å². The van der Waals surface area contributed by atoms with Crippen LogP contribution >= 0.6 is 0 Å². The van der Waals surface area contributed by atoms with Gasteiger partial charge >= 0.3 is 0 Å². The highest BCUT2D eigenvalue weighted by Gasteiger charge is 2.28. The summed E-state index contributed by atoms with van der Waals surface area (Å²) in [6, 6.07) is 9.35. The predicted molar refractivity (Wildman–Crippen MR) is 86.7 cm³/mol. The molecule has 1 saturated carbocycles. The molecule has 0 bridgehead atoms. The molecule has 0 unspecified atom stereocenters. The Labute approximate surface area is 124 Å². The third-order valence-electron chi connectivity index (χ3n) is 5.00. The molecule has 2 nitrogen and oxygen atoms in total. The molecule has 2 heteroatoms. The Bertz CT molecular complexity index is 415. The second-order valence-corrected chi connectivity index (χ2v) is 7.10. The number of likely N-dealkylation sites (N-methyl/N-ethyl adjacent to an activating group) is 1. The van der Waals surface area contributed by atoms with Crippen molar-refractivity contribution in [3.05, 3.63) is 35.4 Å². The molecule has 0 amide bonds. The zero-order valence-electron chi connectivity index (χ0n) is 13.4. The van der Waals surface area contributed by atoms with E-state index in [1.165, 1.54) is 36.8 Å². The van der Waals surface area contributed by atoms with Gasteiger partial charge < -0.3 is 10.6 Å². The Hall–Kier alpha value is -0.860. The van der Waals surface area contributed by atoms with Crippen LogP contribution in [0.3, 0.4) is 0 Å². The van der Waals surface area contributed by atoms with E-state index < -0.39 is 0 Å². The first-order valence-electron chi connectivity index (χ1n) is 7.99. The second-order valence-electron chi connectivity index (χ2n) is 7.10. The number of benzene rings is 1. The van der Waals surface area contributed by atoms with Crippen LogP contribution in [-0.2, 0) is 13.0 Å². The minimum absolute atomic E-state index is 0.559. The van der Waals surface area contributed by atoms with Crippen LogP contribution in [0.1, 0.15) is 50.7 Å². The maximum Gasteiger partial charge on any atom is 0.0180 e. The molecule has 1 aromatic carbocycles. The van der Waals surface area contributed by atoms with Crippen molar-refractivity contribution in [1.82, 2.24) is 4.90 Å². The van der Waals surface area contributed by atoms with E-state index in [0.29, 0.717) is 12.0 Å². The summed E-state index contributed by atoms with van der Waals surface area (Å²) >= 11 is 0. The molecule has 2 N–H and O–H groups in total. The van der Waals surface area contributed by atoms with E-state index in [-0.39, 0.29) is 0 Å². The maximum atomic E-state index is 5.82. The van der Waals surface area contributed by atoms with Crippen molar-refractivity contribution in [3.8, 4) is 0 Å². The number of rotatable bonds is 5. The summed E-state index contributed by atoms with van der Waals surface area (Å²) in [7, 11) is 2.29. The molecule has 0 atom stereocenters. The van der Waals surface area contributed by atoms with Gasteiger partial charge in [0.1, 0.15) is 0 Å². The maximum absolute atomic E-state index is 5.82. The van der Waals surface area contributed by atoms with Crippen molar-refractivity contribution in [3.63, 3.8) is 0 Å². The molecule has 0 aliphatic heterocycles. The lowest BCUT2D eigenvalue weighted by Gasteiger charge is -2.38. The molecule has 0 saturated heterocycles. The van der Waals surface area contributed by atoms with Crippen LogP contribution in [0.2, 0.25) is 0 Å². The fraction of sp³-hybridized carbons (Fsp3) is 0.667. The van der Waals surface area contributed by atoms with E-state index in [2.05, 4.69) is 50.1 Å². The molecule has 0 heterocycles. The van der Waals surface area contributed by atoms with Crippen LogP contribution in [0.25, 0.3) is 0 Å². The monoisotopic (exact) mass is 274 g/mol. The Morgan fingerprint density at radius 1 is 1.15 bits per heavy atom. The molecule has 20 heavy (non-hydrogen) atoms. The molecular weight excluding hydrogens is 244 g/mol. The van der Waals surface area contributed by atoms with Gasteiger partial charge in [-0.15, -0.1) is 0 Å². The Kier molecular flexibility index (Phi) is 5.22. The SMILES string of the molecule is CN(CCc1ccccc1CN)C1CCC(C)(C)CC1. The van der Waals surface area contributed by atoms with E-state index >= 15 is 0 Å². The third kappa shape index (κ3) is 4.07. The number of nitrogens with zero attached hydrogens (tertiary/aromatic N) is 1. The van der Waals surface area contributed by atoms with Crippen LogP contribution in [-0.4, -0.2) is 24.5 Å². The molecule has 0 spiro atoms. The summed E-state index contributed by atoms with van der Waals surface area (Å²) in [6.45, 7) is 6.60. The normalized spacial score (nSPS) is 19.4. The molecule has 1 aromatic rings. The first-order valence-corrected chi connectivity index (χ1v) is 7.99. The predicted octanol–water partition coefficient (Wildman–Crippen LogP) is 3.59. The first-order chi connectivity index (χ1) is 9.52. The molecule has 2 rings (SSSR count). The Morgan fingerprint density at radius 3 is 2.35 bits per heavy atom. The highest BCUT2D eigenvalue weighted by molar-refractivity contribution is 5.27. The van der Waals surface area contributed by atoms with Crippen molar-refractivity contribution < 1.29 is 0 Å². The van der Waals surface area contributed by atoms with Crippen LogP contribution in [0.4, 0.5) is 0 Å². The van der Waals surface area contributed by atoms with Crippen LogP contribution in [0.15, 0.2) is 24.3 Å². The number of hydrogen-bond donors (Lipinski definition) is 1. The van der Waals surface area contributed by atoms with Gasteiger partial charge in [0.2, 0.25) is 0 Å². The van der Waals surface area contributed by atoms with Crippen molar-refractivity contribution in [2.45, 2.75) is 58.5 Å². The van der Waals surface area contributed by atoms with Crippen molar-refractivity contribution >= 4 is 0 Å². The van der Waals surface area contributed by atoms with E-state index in [0.717, 1.165) is 19.0 Å². The van der Waals surface area contributed by atoms with Crippen LogP contribution < -0.4 is 5.73 Å². The summed E-state index contributed by atoms with van der Waals surface area (Å²) in [5.74, 6) is 0. The first kappa shape index (κ1) is 15.5. The average molecular weight is 274 g/mol. The number of hydrogen-bond acceptors (Lipinski definition) is 2. The summed E-state index contributed by atoms with van der Waals surface area (Å²) < 4.78 is 0. The van der Waals surface area contributed by atoms with E-state index in [1.54, 1.807) is 0 Å². The molecule has 0 radical (unpaired) electrons. The molecule has 0 aromatic heterocycles. The second kappa shape index (κ2) is 6.73. The lowest BCUT2D eigenvalue weighted by Crippen LogP contribution is -2.38. The van der Waals surface area contributed by atoms with Gasteiger partial charge in [-0.2, -0.15) is 0 Å². The van der Waals surface area contributed by atoms with Crippen molar-refractivity contribution in [2.24, 2.45) is 11.1 Å². The zero-order valence-corrected chi connectivity index (χ0v) is 13.4. The lowest BCUT2D eigenvalue weighted by atomic mass is 9.75. The highest BCUT2D eigenvalue weighted by atomic mass is 15.1. The molecule has 1 aliphatic carbocycles. The van der Waals surface area contributed by atoms with Gasteiger partial charge in [0.15, 0.2) is 0 Å². The number of nitrogens with two attached hydrogens (primary N) is 1. The summed E-state index contributed by atoms with van der Waals surface area (Å²) in [4.78, 5) is 2.56. The van der Waals surface area contributed by atoms with Gasteiger partial charge in [-0.3, -0.25) is 0 Å². The topological polar surface area (TPSA) is 29.3 Å². The van der Waals surface area contributed by atoms with Gasteiger partial charge in [-0.25, -0.2) is 0 Å². The minimum atomic E-state index is 0.559. The summed E-state index contributed by atoms with van der Waals surface area (Å²) in [5.41, 5.74) is 9.09. The van der Waals surface area contributed by atoms with Crippen LogP contribution in [0, 0.1) is 5.41 Å². The Morgan fingerprint density at radius 2 is 1.75 bits per heavy atom. The lowest BCUT2D eigenvalue weighted by molar-refractivity contribution is 0.128. The standard InChI is InChI=1S/C18H30N2/c1-18(2)11-8-17(9-12-18)20(3)13-10-15-6-4-5-7-16(15)14-19/h4-7,17H,8-14,19H2,1-3H3.